The summed E-state index contributed by atoms with van der Waals surface area (Å²) in [7, 11) is 1.43. The predicted molar refractivity (Wildman–Crippen MR) is 57.0 cm³/mol. The van der Waals surface area contributed by atoms with E-state index in [1.54, 1.807) is 18.2 Å². The molecule has 1 heterocycles. The molecule has 0 aliphatic carbocycles. The monoisotopic (exact) mass is 222 g/mol. The summed E-state index contributed by atoms with van der Waals surface area (Å²) >= 11 is 0. The van der Waals surface area contributed by atoms with Crippen LogP contribution in [0.1, 0.15) is 0 Å². The summed E-state index contributed by atoms with van der Waals surface area (Å²) in [5.74, 6) is 0.296. The van der Waals surface area contributed by atoms with Gasteiger partial charge in [-0.15, -0.1) is 0 Å². The summed E-state index contributed by atoms with van der Waals surface area (Å²) < 4.78 is 5.15. The molecule has 1 aromatic carbocycles. The maximum absolute atomic E-state index is 11.1. The lowest BCUT2D eigenvalue weighted by Gasteiger charge is -2.20. The van der Waals surface area contributed by atoms with Crippen molar-refractivity contribution in [2.24, 2.45) is 0 Å². The first-order valence-electron chi connectivity index (χ1n) is 4.61. The molecule has 1 aliphatic rings. The number of carboxylic acid groups (broad SMARTS) is 1. The first kappa shape index (κ1) is 10.3. The molecule has 1 aromatic rings. The Labute approximate surface area is 91.4 Å². The molecule has 0 saturated carbocycles. The summed E-state index contributed by atoms with van der Waals surface area (Å²) in [6.07, 6.45) is -1.07. The minimum atomic E-state index is -1.07. The van der Waals surface area contributed by atoms with Crippen LogP contribution >= 0.6 is 0 Å². The van der Waals surface area contributed by atoms with E-state index in [2.05, 4.69) is 5.32 Å². The highest BCUT2D eigenvalue weighted by Crippen LogP contribution is 2.31. The Morgan fingerprint density at radius 2 is 2.31 bits per heavy atom. The van der Waals surface area contributed by atoms with Gasteiger partial charge < -0.3 is 15.2 Å². The molecule has 0 unspecified atom stereocenters. The van der Waals surface area contributed by atoms with Gasteiger partial charge in [-0.05, 0) is 18.2 Å². The van der Waals surface area contributed by atoms with Gasteiger partial charge in [0.1, 0.15) is 5.75 Å². The van der Waals surface area contributed by atoms with Crippen LogP contribution in [0.25, 0.3) is 0 Å². The van der Waals surface area contributed by atoms with E-state index in [4.69, 9.17) is 9.84 Å². The van der Waals surface area contributed by atoms with Crippen LogP contribution in [-0.2, 0) is 4.79 Å². The zero-order valence-electron chi connectivity index (χ0n) is 8.56. The number of ether oxygens (including phenoxy) is 1. The normalized spacial score (nSPS) is 13.4. The Hall–Kier alpha value is -2.24. The molecule has 0 aromatic heterocycles. The highest BCUT2D eigenvalue weighted by Gasteiger charge is 2.18. The molecule has 0 bridgehead atoms. The van der Waals surface area contributed by atoms with Crippen LogP contribution in [0.3, 0.4) is 0 Å². The average Bonchev–Trinajstić information content (AvgIpc) is 2.26. The molecule has 0 radical (unpaired) electrons. The van der Waals surface area contributed by atoms with Crippen LogP contribution in [0, 0.1) is 0 Å². The van der Waals surface area contributed by atoms with Gasteiger partial charge in [0.25, 0.3) is 5.91 Å². The second-order valence-corrected chi connectivity index (χ2v) is 3.36. The third-order valence-corrected chi connectivity index (χ3v) is 2.27. The standard InChI is InChI=1S/C10H10N2O4/c1-12(10(14)15)6-2-3-8-7(4-6)11-9(13)5-16-8/h2-4H,5H2,1H3,(H,11,13)(H,14,15). The second-order valence-electron chi connectivity index (χ2n) is 3.36. The van der Waals surface area contributed by atoms with Crippen molar-refractivity contribution in [1.29, 1.82) is 0 Å². The SMILES string of the molecule is CN(C(=O)O)c1ccc2c(c1)NC(=O)CO2. The van der Waals surface area contributed by atoms with E-state index in [1.807, 2.05) is 0 Å². The lowest BCUT2D eigenvalue weighted by molar-refractivity contribution is -0.118. The number of carbonyl (C=O) groups excluding carboxylic acids is 1. The summed E-state index contributed by atoms with van der Waals surface area (Å²) in [6, 6.07) is 4.80. The molecule has 6 heteroatoms. The number of benzene rings is 1. The second kappa shape index (κ2) is 3.73. The Morgan fingerprint density at radius 3 is 3.00 bits per heavy atom. The Balaban J connectivity index is 2.34. The molecule has 1 aliphatic heterocycles. The Morgan fingerprint density at radius 1 is 1.56 bits per heavy atom. The minimum Gasteiger partial charge on any atom is -0.482 e. The van der Waals surface area contributed by atoms with Crippen LogP contribution in [0.2, 0.25) is 0 Å². The van der Waals surface area contributed by atoms with Crippen molar-refractivity contribution in [2.75, 3.05) is 23.9 Å². The van der Waals surface area contributed by atoms with Gasteiger partial charge >= 0.3 is 6.09 Å². The number of carbonyl (C=O) groups is 2. The topological polar surface area (TPSA) is 78.9 Å². The maximum Gasteiger partial charge on any atom is 0.411 e. The van der Waals surface area contributed by atoms with E-state index in [0.29, 0.717) is 17.1 Å². The Bertz CT molecular complexity index is 458. The van der Waals surface area contributed by atoms with E-state index < -0.39 is 6.09 Å². The van der Waals surface area contributed by atoms with Crippen molar-refractivity contribution in [3.05, 3.63) is 18.2 Å². The predicted octanol–water partition coefficient (Wildman–Crippen LogP) is 1.13. The highest BCUT2D eigenvalue weighted by molar-refractivity contribution is 5.97. The number of nitrogens with zero attached hydrogens (tertiary/aromatic N) is 1. The van der Waals surface area contributed by atoms with Crippen LogP contribution in [0.5, 0.6) is 5.75 Å². The molecule has 16 heavy (non-hydrogen) atoms. The number of anilines is 2. The van der Waals surface area contributed by atoms with Crippen molar-refractivity contribution < 1.29 is 19.4 Å². The van der Waals surface area contributed by atoms with E-state index in [9.17, 15) is 9.59 Å². The van der Waals surface area contributed by atoms with Gasteiger partial charge in [-0.3, -0.25) is 9.69 Å². The zero-order chi connectivity index (χ0) is 11.7. The van der Waals surface area contributed by atoms with E-state index >= 15 is 0 Å². The molecule has 0 saturated heterocycles. The van der Waals surface area contributed by atoms with E-state index in [-0.39, 0.29) is 12.5 Å². The van der Waals surface area contributed by atoms with Gasteiger partial charge in [-0.1, -0.05) is 0 Å². The van der Waals surface area contributed by atoms with Crippen LogP contribution < -0.4 is 15.0 Å². The molecule has 0 fully saturated rings. The van der Waals surface area contributed by atoms with E-state index in [0.717, 1.165) is 4.90 Å². The third kappa shape index (κ3) is 1.77. The van der Waals surface area contributed by atoms with Crippen LogP contribution in [-0.4, -0.2) is 30.8 Å². The van der Waals surface area contributed by atoms with Crippen LogP contribution in [0.15, 0.2) is 18.2 Å². The first-order valence-corrected chi connectivity index (χ1v) is 4.61. The van der Waals surface area contributed by atoms with Crippen molar-refractivity contribution in [1.82, 2.24) is 0 Å². The van der Waals surface area contributed by atoms with Gasteiger partial charge in [0.15, 0.2) is 6.61 Å². The molecular formula is C10H10N2O4. The smallest absolute Gasteiger partial charge is 0.411 e. The van der Waals surface area contributed by atoms with Crippen molar-refractivity contribution in [3.63, 3.8) is 0 Å². The molecular weight excluding hydrogens is 212 g/mol. The number of hydrogen-bond donors (Lipinski definition) is 2. The summed E-state index contributed by atoms with van der Waals surface area (Å²) in [5.41, 5.74) is 0.957. The number of fused-ring (bicyclic) bond motifs is 1. The number of hydrogen-bond acceptors (Lipinski definition) is 3. The largest absolute Gasteiger partial charge is 0.482 e. The molecule has 6 nitrogen and oxygen atoms in total. The average molecular weight is 222 g/mol. The summed E-state index contributed by atoms with van der Waals surface area (Å²) in [5, 5.41) is 11.4. The van der Waals surface area contributed by atoms with Gasteiger partial charge in [-0.2, -0.15) is 0 Å². The first-order chi connectivity index (χ1) is 7.58. The van der Waals surface area contributed by atoms with Crippen molar-refractivity contribution in [3.8, 4) is 5.75 Å². The molecule has 0 atom stereocenters. The van der Waals surface area contributed by atoms with Gasteiger partial charge in [0.2, 0.25) is 0 Å². The number of nitrogens with one attached hydrogen (secondary N) is 1. The zero-order valence-corrected chi connectivity index (χ0v) is 8.56. The number of rotatable bonds is 1. The number of amides is 2. The fourth-order valence-corrected chi connectivity index (χ4v) is 1.39. The highest BCUT2D eigenvalue weighted by atomic mass is 16.5. The minimum absolute atomic E-state index is 0.0128. The third-order valence-electron chi connectivity index (χ3n) is 2.27. The van der Waals surface area contributed by atoms with Gasteiger partial charge in [-0.25, -0.2) is 4.79 Å². The summed E-state index contributed by atoms with van der Waals surface area (Å²) in [6.45, 7) is -0.0128. The molecule has 2 N–H and O–H groups in total. The molecule has 2 rings (SSSR count). The van der Waals surface area contributed by atoms with Gasteiger partial charge in [0, 0.05) is 12.7 Å². The quantitative estimate of drug-likeness (QED) is 0.746. The maximum atomic E-state index is 11.1. The lowest BCUT2D eigenvalue weighted by atomic mass is 10.2. The summed E-state index contributed by atoms with van der Waals surface area (Å²) in [4.78, 5) is 22.9. The van der Waals surface area contributed by atoms with E-state index in [1.165, 1.54) is 7.05 Å². The molecule has 2 amide bonds. The Kier molecular flexibility index (Phi) is 2.40. The lowest BCUT2D eigenvalue weighted by Crippen LogP contribution is -2.27. The van der Waals surface area contributed by atoms with Crippen LogP contribution in [0.4, 0.5) is 16.2 Å². The molecule has 84 valence electrons. The van der Waals surface area contributed by atoms with Gasteiger partial charge in [0.05, 0.1) is 5.69 Å². The van der Waals surface area contributed by atoms with Crippen molar-refractivity contribution in [2.45, 2.75) is 0 Å². The molecule has 0 spiro atoms. The van der Waals surface area contributed by atoms with Crippen molar-refractivity contribution >= 4 is 23.4 Å². The fraction of sp³-hybridized carbons (Fsp3) is 0.200. The fourth-order valence-electron chi connectivity index (χ4n) is 1.39.